The Kier molecular flexibility index (Phi) is 3.29. The second-order valence-electron chi connectivity index (χ2n) is 6.36. The molecular weight excluding hydrogens is 292 g/mol. The van der Waals surface area contributed by atoms with Crippen molar-refractivity contribution in [2.45, 2.75) is 44.4 Å². The number of carbonyl (C=O) groups excluding carboxylic acids is 2. The number of ketones is 2. The number of hydrogen-bond acceptors (Lipinski definition) is 5. The Morgan fingerprint density at radius 1 is 1.13 bits per heavy atom. The van der Waals surface area contributed by atoms with E-state index in [9.17, 15) is 14.7 Å². The van der Waals surface area contributed by atoms with Crippen LogP contribution in [0.25, 0.3) is 0 Å². The summed E-state index contributed by atoms with van der Waals surface area (Å²) in [5.41, 5.74) is 4.04. The van der Waals surface area contributed by atoms with Gasteiger partial charge in [-0.15, -0.1) is 0 Å². The SMILES string of the molecule is O=C1CCCC2=C1CC1=C(CCC(c3cccnc3O)C1=O)N2. The number of allylic oxidation sites excluding steroid dienone is 4. The van der Waals surface area contributed by atoms with Gasteiger partial charge in [0, 0.05) is 47.1 Å². The minimum atomic E-state index is -0.370. The fraction of sp³-hybridized carbons (Fsp3) is 0.389. The standard InChI is InChI=1S/C18H18N2O3/c21-16-5-1-4-14-12(16)9-13-15(20-14)7-6-10(17(13)22)11-3-2-8-19-18(11)23/h2-3,8,10,20H,1,4-7,9H2,(H,19,23). The molecule has 1 unspecified atom stereocenters. The molecule has 23 heavy (non-hydrogen) atoms. The summed E-state index contributed by atoms with van der Waals surface area (Å²) in [4.78, 5) is 28.9. The highest BCUT2D eigenvalue weighted by Gasteiger charge is 2.37. The van der Waals surface area contributed by atoms with E-state index in [-0.39, 0.29) is 23.4 Å². The monoisotopic (exact) mass is 310 g/mol. The van der Waals surface area contributed by atoms with Crippen molar-refractivity contribution in [2.75, 3.05) is 0 Å². The molecule has 2 heterocycles. The first-order valence-electron chi connectivity index (χ1n) is 8.07. The number of dihydropyridines is 1. The quantitative estimate of drug-likeness (QED) is 0.833. The fourth-order valence-corrected chi connectivity index (χ4v) is 3.84. The summed E-state index contributed by atoms with van der Waals surface area (Å²) in [6, 6.07) is 3.49. The average Bonchev–Trinajstić information content (AvgIpc) is 2.55. The Hall–Kier alpha value is -2.43. The van der Waals surface area contributed by atoms with Crippen LogP contribution in [0.15, 0.2) is 40.9 Å². The van der Waals surface area contributed by atoms with Gasteiger partial charge in [0.1, 0.15) is 0 Å². The number of aromatic hydroxyl groups is 1. The first kappa shape index (κ1) is 14.2. The zero-order valence-corrected chi connectivity index (χ0v) is 12.8. The molecule has 4 rings (SSSR count). The van der Waals surface area contributed by atoms with Crippen molar-refractivity contribution in [1.29, 1.82) is 0 Å². The second kappa shape index (κ2) is 5.33. The summed E-state index contributed by atoms with van der Waals surface area (Å²) in [7, 11) is 0. The molecular formula is C18H18N2O3. The van der Waals surface area contributed by atoms with Crippen molar-refractivity contribution in [3.05, 3.63) is 46.4 Å². The molecule has 0 bridgehead atoms. The van der Waals surface area contributed by atoms with Gasteiger partial charge < -0.3 is 10.4 Å². The molecule has 0 saturated carbocycles. The highest BCUT2D eigenvalue weighted by Crippen LogP contribution is 2.41. The fourth-order valence-electron chi connectivity index (χ4n) is 3.84. The summed E-state index contributed by atoms with van der Waals surface area (Å²) < 4.78 is 0. The molecule has 0 saturated heterocycles. The van der Waals surface area contributed by atoms with Gasteiger partial charge in [-0.2, -0.15) is 0 Å². The average molecular weight is 310 g/mol. The van der Waals surface area contributed by atoms with Crippen LogP contribution in [0.5, 0.6) is 5.88 Å². The van der Waals surface area contributed by atoms with Crippen LogP contribution in [0.3, 0.4) is 0 Å². The third-order valence-corrected chi connectivity index (χ3v) is 5.04. The molecule has 5 heteroatoms. The van der Waals surface area contributed by atoms with E-state index in [0.717, 1.165) is 36.2 Å². The van der Waals surface area contributed by atoms with Gasteiger partial charge in [-0.05, 0) is 31.7 Å². The largest absolute Gasteiger partial charge is 0.493 e. The Bertz CT molecular complexity index is 776. The van der Waals surface area contributed by atoms with Gasteiger partial charge in [0.25, 0.3) is 0 Å². The van der Waals surface area contributed by atoms with E-state index in [1.807, 2.05) is 0 Å². The van der Waals surface area contributed by atoms with Gasteiger partial charge in [-0.1, -0.05) is 6.07 Å². The highest BCUT2D eigenvalue weighted by molar-refractivity contribution is 6.06. The summed E-state index contributed by atoms with van der Waals surface area (Å²) >= 11 is 0. The van der Waals surface area contributed by atoms with Crippen LogP contribution in [-0.2, 0) is 9.59 Å². The van der Waals surface area contributed by atoms with Crippen molar-refractivity contribution in [3.63, 3.8) is 0 Å². The van der Waals surface area contributed by atoms with E-state index in [4.69, 9.17) is 0 Å². The summed E-state index contributed by atoms with van der Waals surface area (Å²) in [5.74, 6) is -0.283. The highest BCUT2D eigenvalue weighted by atomic mass is 16.3. The van der Waals surface area contributed by atoms with Crippen molar-refractivity contribution >= 4 is 11.6 Å². The minimum absolute atomic E-state index is 0.00646. The van der Waals surface area contributed by atoms with Crippen LogP contribution in [0, 0.1) is 0 Å². The van der Waals surface area contributed by atoms with E-state index in [0.29, 0.717) is 30.4 Å². The third-order valence-electron chi connectivity index (χ3n) is 5.04. The lowest BCUT2D eigenvalue weighted by atomic mass is 9.76. The minimum Gasteiger partial charge on any atom is -0.493 e. The number of hydrogen-bond donors (Lipinski definition) is 2. The Balaban J connectivity index is 1.66. The number of aromatic nitrogens is 1. The van der Waals surface area contributed by atoms with Crippen LogP contribution in [0.2, 0.25) is 0 Å². The molecule has 1 atom stereocenters. The van der Waals surface area contributed by atoms with Gasteiger partial charge in [-0.25, -0.2) is 4.98 Å². The number of Topliss-reactive ketones (excluding diaryl/α,β-unsaturated/α-hetero) is 2. The normalized spacial score (nSPS) is 24.3. The molecule has 2 aliphatic carbocycles. The molecule has 3 aliphatic rings. The Labute approximate surface area is 134 Å². The van der Waals surface area contributed by atoms with Gasteiger partial charge >= 0.3 is 0 Å². The predicted molar refractivity (Wildman–Crippen MR) is 83.5 cm³/mol. The number of nitrogens with zero attached hydrogens (tertiary/aromatic N) is 1. The van der Waals surface area contributed by atoms with E-state index < -0.39 is 0 Å². The van der Waals surface area contributed by atoms with Crippen LogP contribution >= 0.6 is 0 Å². The van der Waals surface area contributed by atoms with Gasteiger partial charge in [0.15, 0.2) is 11.6 Å². The zero-order chi connectivity index (χ0) is 16.0. The molecule has 1 aromatic heterocycles. The van der Waals surface area contributed by atoms with Gasteiger partial charge in [-0.3, -0.25) is 9.59 Å². The summed E-state index contributed by atoms with van der Waals surface area (Å²) in [6.45, 7) is 0. The number of carbonyl (C=O) groups is 2. The zero-order valence-electron chi connectivity index (χ0n) is 12.8. The lowest BCUT2D eigenvalue weighted by molar-refractivity contribution is -0.117. The van der Waals surface area contributed by atoms with Crippen LogP contribution < -0.4 is 5.32 Å². The summed E-state index contributed by atoms with van der Waals surface area (Å²) in [5, 5.41) is 13.3. The maximum atomic E-state index is 12.9. The van der Waals surface area contributed by atoms with Gasteiger partial charge in [0.2, 0.25) is 5.88 Å². The van der Waals surface area contributed by atoms with E-state index in [1.54, 1.807) is 12.1 Å². The van der Waals surface area contributed by atoms with Crippen LogP contribution in [0.1, 0.15) is 50.0 Å². The smallest absolute Gasteiger partial charge is 0.214 e. The molecule has 1 aromatic rings. The van der Waals surface area contributed by atoms with Crippen LogP contribution in [-0.4, -0.2) is 21.7 Å². The Morgan fingerprint density at radius 2 is 1.96 bits per heavy atom. The molecule has 5 nitrogen and oxygen atoms in total. The van der Waals surface area contributed by atoms with E-state index >= 15 is 0 Å². The first-order valence-corrected chi connectivity index (χ1v) is 8.07. The molecule has 118 valence electrons. The maximum absolute atomic E-state index is 12.9. The summed E-state index contributed by atoms with van der Waals surface area (Å²) in [6.07, 6.45) is 5.70. The topological polar surface area (TPSA) is 79.3 Å². The number of rotatable bonds is 1. The Morgan fingerprint density at radius 3 is 2.78 bits per heavy atom. The second-order valence-corrected chi connectivity index (χ2v) is 6.36. The molecule has 1 aliphatic heterocycles. The van der Waals surface area contributed by atoms with Crippen molar-refractivity contribution in [2.24, 2.45) is 0 Å². The number of nitrogens with one attached hydrogen (secondary N) is 1. The molecule has 0 fully saturated rings. The third kappa shape index (κ3) is 2.27. The maximum Gasteiger partial charge on any atom is 0.214 e. The number of pyridine rings is 1. The van der Waals surface area contributed by atoms with E-state index in [1.165, 1.54) is 6.20 Å². The van der Waals surface area contributed by atoms with Crippen molar-refractivity contribution < 1.29 is 14.7 Å². The van der Waals surface area contributed by atoms with Crippen LogP contribution in [0.4, 0.5) is 0 Å². The van der Waals surface area contributed by atoms with Crippen molar-refractivity contribution in [1.82, 2.24) is 10.3 Å². The molecule has 0 amide bonds. The molecule has 0 radical (unpaired) electrons. The molecule has 2 N–H and O–H groups in total. The lowest BCUT2D eigenvalue weighted by Crippen LogP contribution is -2.34. The molecule has 0 aromatic carbocycles. The van der Waals surface area contributed by atoms with E-state index in [2.05, 4.69) is 10.3 Å². The first-order chi connectivity index (χ1) is 11.1. The van der Waals surface area contributed by atoms with Gasteiger partial charge in [0.05, 0.1) is 5.92 Å². The molecule has 0 spiro atoms. The van der Waals surface area contributed by atoms with Crippen molar-refractivity contribution in [3.8, 4) is 5.88 Å². The predicted octanol–water partition coefficient (Wildman–Crippen LogP) is 2.49. The lowest BCUT2D eigenvalue weighted by Gasteiger charge is -2.34.